The van der Waals surface area contributed by atoms with Crippen molar-refractivity contribution < 1.29 is 14.6 Å². The summed E-state index contributed by atoms with van der Waals surface area (Å²) in [7, 11) is 1.66. The molecule has 1 fully saturated rings. The summed E-state index contributed by atoms with van der Waals surface area (Å²) in [4.78, 5) is 16.0. The van der Waals surface area contributed by atoms with Crippen molar-refractivity contribution in [1.29, 1.82) is 0 Å². The maximum atomic E-state index is 9.50. The fourth-order valence-corrected chi connectivity index (χ4v) is 4.63. The molecule has 1 atom stereocenters. The Hall–Kier alpha value is -3.95. The van der Waals surface area contributed by atoms with E-state index in [-0.39, 0.29) is 12.7 Å². The lowest BCUT2D eigenvalue weighted by Gasteiger charge is -2.34. The van der Waals surface area contributed by atoms with Gasteiger partial charge in [0.25, 0.3) is 0 Å². The lowest BCUT2D eigenvalue weighted by atomic mass is 10.0. The third kappa shape index (κ3) is 4.09. The molecule has 35 heavy (non-hydrogen) atoms. The molecule has 2 aliphatic rings. The van der Waals surface area contributed by atoms with E-state index in [2.05, 4.69) is 38.4 Å². The summed E-state index contributed by atoms with van der Waals surface area (Å²) >= 11 is 0. The van der Waals surface area contributed by atoms with Crippen molar-refractivity contribution in [1.82, 2.24) is 14.4 Å². The normalized spacial score (nSPS) is 17.1. The minimum atomic E-state index is -0.197. The van der Waals surface area contributed by atoms with Crippen LogP contribution in [0.25, 0.3) is 16.9 Å². The standard InChI is InChI=1S/C26H26N6O3/c1-34-24-11-20(4-5-23(24)31-8-9-35-21(14-31)16-33)29-25-26-28-6-7-32(26)15-22(30-25)17-2-3-18-12-27-13-19(18)10-17/h2-7,10-12,15,21,33H,8-9,13-14,16H2,1H3,(H,29,30)/t21-/m1/s1. The molecule has 9 nitrogen and oxygen atoms in total. The summed E-state index contributed by atoms with van der Waals surface area (Å²) in [6.07, 6.45) is 7.39. The average molecular weight is 471 g/mol. The number of benzene rings is 2. The van der Waals surface area contributed by atoms with Gasteiger partial charge >= 0.3 is 0 Å². The molecule has 178 valence electrons. The number of rotatable bonds is 6. The summed E-state index contributed by atoms with van der Waals surface area (Å²) < 4.78 is 13.3. The number of ether oxygens (including phenoxy) is 2. The molecule has 4 heterocycles. The first kappa shape index (κ1) is 21.6. The van der Waals surface area contributed by atoms with E-state index in [1.54, 1.807) is 13.3 Å². The Morgan fingerprint density at radius 1 is 1.23 bits per heavy atom. The maximum absolute atomic E-state index is 9.50. The highest BCUT2D eigenvalue weighted by atomic mass is 16.5. The molecule has 0 unspecified atom stereocenters. The Balaban J connectivity index is 1.32. The third-order valence-corrected chi connectivity index (χ3v) is 6.43. The van der Waals surface area contributed by atoms with Crippen LogP contribution in [-0.4, -0.2) is 65.2 Å². The van der Waals surface area contributed by atoms with Crippen LogP contribution in [0.3, 0.4) is 0 Å². The molecule has 2 aliphatic heterocycles. The highest BCUT2D eigenvalue weighted by Gasteiger charge is 2.22. The van der Waals surface area contributed by atoms with E-state index in [1.165, 1.54) is 5.56 Å². The molecule has 2 aromatic heterocycles. The molecule has 2 N–H and O–H groups in total. The zero-order valence-electron chi connectivity index (χ0n) is 19.4. The quantitative estimate of drug-likeness (QED) is 0.446. The van der Waals surface area contributed by atoms with Gasteiger partial charge in [0, 0.05) is 55.2 Å². The van der Waals surface area contributed by atoms with Gasteiger partial charge in [-0.05, 0) is 29.3 Å². The van der Waals surface area contributed by atoms with Crippen molar-refractivity contribution in [3.05, 3.63) is 66.1 Å². The van der Waals surface area contributed by atoms with E-state index in [4.69, 9.17) is 14.5 Å². The molecular weight excluding hydrogens is 444 g/mol. The van der Waals surface area contributed by atoms with E-state index in [9.17, 15) is 5.11 Å². The van der Waals surface area contributed by atoms with Gasteiger partial charge in [-0.3, -0.25) is 4.99 Å². The predicted molar refractivity (Wildman–Crippen MR) is 135 cm³/mol. The number of morpholine rings is 1. The third-order valence-electron chi connectivity index (χ3n) is 6.43. The monoisotopic (exact) mass is 470 g/mol. The molecule has 1 saturated heterocycles. The number of hydrogen-bond acceptors (Lipinski definition) is 8. The van der Waals surface area contributed by atoms with Crippen molar-refractivity contribution in [2.45, 2.75) is 12.6 Å². The smallest absolute Gasteiger partial charge is 0.180 e. The molecule has 0 bridgehead atoms. The van der Waals surface area contributed by atoms with Gasteiger partial charge in [-0.15, -0.1) is 0 Å². The van der Waals surface area contributed by atoms with Crippen LogP contribution in [0.2, 0.25) is 0 Å². The minimum absolute atomic E-state index is 0.00196. The minimum Gasteiger partial charge on any atom is -0.495 e. The fraction of sp³-hybridized carbons (Fsp3) is 0.269. The van der Waals surface area contributed by atoms with Gasteiger partial charge in [-0.2, -0.15) is 0 Å². The van der Waals surface area contributed by atoms with Gasteiger partial charge in [0.15, 0.2) is 11.5 Å². The summed E-state index contributed by atoms with van der Waals surface area (Å²) in [5.74, 6) is 1.40. The highest BCUT2D eigenvalue weighted by Crippen LogP contribution is 2.34. The summed E-state index contributed by atoms with van der Waals surface area (Å²) in [5.41, 5.74) is 6.79. The van der Waals surface area contributed by atoms with Crippen LogP contribution in [0.4, 0.5) is 17.2 Å². The summed E-state index contributed by atoms with van der Waals surface area (Å²) in [5, 5.41) is 12.9. The molecule has 0 radical (unpaired) electrons. The number of nitrogens with zero attached hydrogens (tertiary/aromatic N) is 5. The van der Waals surface area contributed by atoms with Gasteiger partial charge < -0.3 is 29.2 Å². The molecule has 0 saturated carbocycles. The van der Waals surface area contributed by atoms with Crippen molar-refractivity contribution in [2.75, 3.05) is 43.6 Å². The van der Waals surface area contributed by atoms with E-state index in [1.807, 2.05) is 41.2 Å². The molecule has 2 aromatic carbocycles. The first-order valence-electron chi connectivity index (χ1n) is 11.6. The fourth-order valence-electron chi connectivity index (χ4n) is 4.63. The number of nitrogens with one attached hydrogen (secondary N) is 1. The average Bonchev–Trinajstić information content (AvgIpc) is 3.57. The number of aliphatic hydroxyl groups excluding tert-OH is 1. The Bertz CT molecular complexity index is 1420. The maximum Gasteiger partial charge on any atom is 0.180 e. The Kier molecular flexibility index (Phi) is 5.55. The van der Waals surface area contributed by atoms with Gasteiger partial charge in [0.2, 0.25) is 0 Å². The zero-order valence-corrected chi connectivity index (χ0v) is 19.4. The van der Waals surface area contributed by atoms with Crippen LogP contribution in [0, 0.1) is 0 Å². The topological polar surface area (TPSA) is 96.5 Å². The van der Waals surface area contributed by atoms with Crippen molar-refractivity contribution in [3.63, 3.8) is 0 Å². The van der Waals surface area contributed by atoms with E-state index in [0.717, 1.165) is 46.1 Å². The van der Waals surface area contributed by atoms with Crippen LogP contribution < -0.4 is 15.0 Å². The molecule has 0 aliphatic carbocycles. The lowest BCUT2D eigenvalue weighted by molar-refractivity contribution is 0.00347. The first-order valence-corrected chi connectivity index (χ1v) is 11.6. The molecule has 0 spiro atoms. The number of fused-ring (bicyclic) bond motifs is 2. The van der Waals surface area contributed by atoms with Gasteiger partial charge in [0.05, 0.1) is 44.4 Å². The van der Waals surface area contributed by atoms with Gasteiger partial charge in [0.1, 0.15) is 5.75 Å². The van der Waals surface area contributed by atoms with E-state index in [0.29, 0.717) is 25.5 Å². The second-order valence-corrected chi connectivity index (χ2v) is 8.65. The largest absolute Gasteiger partial charge is 0.495 e. The number of aliphatic imine (C=N–C) groups is 1. The molecule has 9 heteroatoms. The lowest BCUT2D eigenvalue weighted by Crippen LogP contribution is -2.44. The van der Waals surface area contributed by atoms with E-state index < -0.39 is 0 Å². The predicted octanol–water partition coefficient (Wildman–Crippen LogP) is 3.28. The van der Waals surface area contributed by atoms with E-state index >= 15 is 0 Å². The van der Waals surface area contributed by atoms with Crippen LogP contribution in [-0.2, 0) is 11.3 Å². The summed E-state index contributed by atoms with van der Waals surface area (Å²) in [6, 6.07) is 12.3. The number of aromatic nitrogens is 3. The highest BCUT2D eigenvalue weighted by molar-refractivity contribution is 5.86. The van der Waals surface area contributed by atoms with Crippen LogP contribution in [0.5, 0.6) is 5.75 Å². The van der Waals surface area contributed by atoms with Crippen molar-refractivity contribution >= 4 is 29.1 Å². The van der Waals surface area contributed by atoms with Crippen molar-refractivity contribution in [3.8, 4) is 17.0 Å². The Morgan fingerprint density at radius 3 is 3.06 bits per heavy atom. The number of anilines is 3. The van der Waals surface area contributed by atoms with Crippen molar-refractivity contribution in [2.24, 2.45) is 4.99 Å². The number of methoxy groups -OCH3 is 1. The zero-order chi connectivity index (χ0) is 23.8. The second kappa shape index (κ2) is 9.01. The Labute approximate surface area is 202 Å². The number of aliphatic hydroxyl groups is 1. The Morgan fingerprint density at radius 2 is 2.17 bits per heavy atom. The van der Waals surface area contributed by atoms with Gasteiger partial charge in [-0.25, -0.2) is 9.97 Å². The number of hydrogen-bond donors (Lipinski definition) is 2. The summed E-state index contributed by atoms with van der Waals surface area (Å²) in [6.45, 7) is 2.62. The molecular formula is C26H26N6O3. The van der Waals surface area contributed by atoms with Crippen LogP contribution in [0.1, 0.15) is 11.1 Å². The van der Waals surface area contributed by atoms with Crippen LogP contribution >= 0.6 is 0 Å². The first-order chi connectivity index (χ1) is 17.2. The van der Waals surface area contributed by atoms with Gasteiger partial charge in [-0.1, -0.05) is 12.1 Å². The SMILES string of the molecule is COc1cc(Nc2nc(-c3ccc4c(c3)CN=C4)cn3ccnc23)ccc1N1CCO[C@@H](CO)C1. The molecule has 6 rings (SSSR count). The molecule has 4 aromatic rings. The van der Waals surface area contributed by atoms with Crippen LogP contribution in [0.15, 0.2) is 60.0 Å². The molecule has 0 amide bonds. The second-order valence-electron chi connectivity index (χ2n) is 8.65. The number of imidazole rings is 1.